The first kappa shape index (κ1) is 11.9. The summed E-state index contributed by atoms with van der Waals surface area (Å²) in [5, 5.41) is 2.75. The van der Waals surface area contributed by atoms with Gasteiger partial charge in [-0.15, -0.1) is 0 Å². The van der Waals surface area contributed by atoms with Crippen LogP contribution in [0.4, 0.5) is 14.6 Å². The Morgan fingerprint density at radius 2 is 1.88 bits per heavy atom. The van der Waals surface area contributed by atoms with Gasteiger partial charge in [0.25, 0.3) is 0 Å². The summed E-state index contributed by atoms with van der Waals surface area (Å²) >= 11 is 3.01. The topological polar surface area (TPSA) is 37.8 Å². The van der Waals surface area contributed by atoms with E-state index in [1.54, 1.807) is 7.05 Å². The number of benzene rings is 1. The van der Waals surface area contributed by atoms with Gasteiger partial charge in [-0.2, -0.15) is 0 Å². The van der Waals surface area contributed by atoms with Crippen molar-refractivity contribution < 1.29 is 8.78 Å². The highest BCUT2D eigenvalue weighted by Crippen LogP contribution is 2.32. The van der Waals surface area contributed by atoms with Crippen molar-refractivity contribution in [2.75, 3.05) is 12.4 Å². The lowest BCUT2D eigenvalue weighted by atomic mass is 10.1. The normalized spacial score (nSPS) is 10.4. The molecule has 0 spiro atoms. The van der Waals surface area contributed by atoms with E-state index in [2.05, 4.69) is 31.2 Å². The van der Waals surface area contributed by atoms with Crippen molar-refractivity contribution in [1.82, 2.24) is 9.97 Å². The smallest absolute Gasteiger partial charge is 0.152 e. The fourth-order valence-electron chi connectivity index (χ4n) is 1.45. The molecule has 0 unspecified atom stereocenters. The van der Waals surface area contributed by atoms with E-state index in [4.69, 9.17) is 0 Å². The quantitative estimate of drug-likeness (QED) is 0.865. The molecule has 1 N–H and O–H groups in total. The highest BCUT2D eigenvalue weighted by Gasteiger charge is 2.18. The van der Waals surface area contributed by atoms with Crippen LogP contribution in [-0.4, -0.2) is 17.0 Å². The van der Waals surface area contributed by atoms with Crippen molar-refractivity contribution >= 4 is 21.7 Å². The van der Waals surface area contributed by atoms with Crippen LogP contribution in [0.5, 0.6) is 0 Å². The first-order valence-electron chi connectivity index (χ1n) is 4.77. The first-order chi connectivity index (χ1) is 8.15. The maximum Gasteiger partial charge on any atom is 0.152 e. The van der Waals surface area contributed by atoms with Gasteiger partial charge in [-0.25, -0.2) is 13.8 Å². The fourth-order valence-corrected chi connectivity index (χ4v) is 1.78. The molecule has 0 saturated carbocycles. The second kappa shape index (κ2) is 4.75. The molecule has 0 aliphatic heterocycles. The zero-order valence-corrected chi connectivity index (χ0v) is 10.4. The number of aromatic nitrogens is 2. The molecule has 88 valence electrons. The largest absolute Gasteiger partial charge is 0.371 e. The molecule has 1 aromatic heterocycles. The SMILES string of the molecule is CNc1nccnc1-c1c(F)ccc(Br)c1F. The van der Waals surface area contributed by atoms with Crippen molar-refractivity contribution in [2.45, 2.75) is 0 Å². The van der Waals surface area contributed by atoms with Gasteiger partial charge in [-0.1, -0.05) is 0 Å². The van der Waals surface area contributed by atoms with E-state index in [-0.39, 0.29) is 15.7 Å². The second-order valence-electron chi connectivity index (χ2n) is 3.22. The number of anilines is 1. The van der Waals surface area contributed by atoms with E-state index < -0.39 is 11.6 Å². The standard InChI is InChI=1S/C11H8BrF2N3/c1-15-11-10(16-4-5-17-11)8-7(13)3-2-6(12)9(8)14/h2-5H,1H3,(H,15,17). The number of halogens is 3. The van der Waals surface area contributed by atoms with Gasteiger partial charge < -0.3 is 5.32 Å². The summed E-state index contributed by atoms with van der Waals surface area (Å²) in [4.78, 5) is 7.92. The third kappa shape index (κ3) is 2.12. The van der Waals surface area contributed by atoms with Crippen LogP contribution in [0.3, 0.4) is 0 Å². The lowest BCUT2D eigenvalue weighted by molar-refractivity contribution is 0.584. The lowest BCUT2D eigenvalue weighted by Crippen LogP contribution is -2.01. The van der Waals surface area contributed by atoms with Gasteiger partial charge in [0, 0.05) is 19.4 Å². The van der Waals surface area contributed by atoms with Gasteiger partial charge in [0.05, 0.1) is 10.0 Å². The Bertz CT molecular complexity index is 560. The average Bonchev–Trinajstić information content (AvgIpc) is 2.35. The lowest BCUT2D eigenvalue weighted by Gasteiger charge is -2.09. The minimum Gasteiger partial charge on any atom is -0.371 e. The van der Waals surface area contributed by atoms with Crippen LogP contribution >= 0.6 is 15.9 Å². The van der Waals surface area contributed by atoms with Gasteiger partial charge in [-0.3, -0.25) is 4.98 Å². The molecule has 0 bridgehead atoms. The Labute approximate surface area is 105 Å². The van der Waals surface area contributed by atoms with Crippen LogP contribution in [0.15, 0.2) is 29.0 Å². The molecule has 2 aromatic rings. The van der Waals surface area contributed by atoms with Gasteiger partial charge in [0.2, 0.25) is 0 Å². The molecular formula is C11H8BrF2N3. The first-order valence-corrected chi connectivity index (χ1v) is 5.57. The Morgan fingerprint density at radius 1 is 1.18 bits per heavy atom. The molecular weight excluding hydrogens is 292 g/mol. The maximum absolute atomic E-state index is 13.9. The molecule has 0 amide bonds. The zero-order chi connectivity index (χ0) is 12.4. The highest BCUT2D eigenvalue weighted by atomic mass is 79.9. The van der Waals surface area contributed by atoms with E-state index in [0.29, 0.717) is 5.82 Å². The summed E-state index contributed by atoms with van der Waals surface area (Å²) in [7, 11) is 1.61. The molecule has 17 heavy (non-hydrogen) atoms. The number of nitrogens with zero attached hydrogens (tertiary/aromatic N) is 2. The highest BCUT2D eigenvalue weighted by molar-refractivity contribution is 9.10. The van der Waals surface area contributed by atoms with Gasteiger partial charge >= 0.3 is 0 Å². The van der Waals surface area contributed by atoms with E-state index >= 15 is 0 Å². The minimum absolute atomic E-state index is 0.145. The zero-order valence-electron chi connectivity index (χ0n) is 8.84. The summed E-state index contributed by atoms with van der Waals surface area (Å²) in [5.74, 6) is -1.05. The van der Waals surface area contributed by atoms with Crippen LogP contribution in [0.25, 0.3) is 11.3 Å². The number of hydrogen-bond acceptors (Lipinski definition) is 3. The van der Waals surface area contributed by atoms with Crippen molar-refractivity contribution in [3.63, 3.8) is 0 Å². The van der Waals surface area contributed by atoms with E-state index in [1.807, 2.05) is 0 Å². The van der Waals surface area contributed by atoms with Crippen LogP contribution < -0.4 is 5.32 Å². The van der Waals surface area contributed by atoms with Crippen molar-refractivity contribution in [3.05, 3.63) is 40.6 Å². The molecule has 6 heteroatoms. The molecule has 2 rings (SSSR count). The Hall–Kier alpha value is -1.56. The predicted molar refractivity (Wildman–Crippen MR) is 64.6 cm³/mol. The Balaban J connectivity index is 2.72. The van der Waals surface area contributed by atoms with Gasteiger partial charge in [0.1, 0.15) is 17.3 Å². The van der Waals surface area contributed by atoms with Crippen LogP contribution in [-0.2, 0) is 0 Å². The Kier molecular flexibility index (Phi) is 3.33. The monoisotopic (exact) mass is 299 g/mol. The van der Waals surface area contributed by atoms with Crippen LogP contribution in [0.1, 0.15) is 0 Å². The summed E-state index contributed by atoms with van der Waals surface area (Å²) in [6.07, 6.45) is 2.83. The molecule has 0 atom stereocenters. The average molecular weight is 300 g/mol. The Morgan fingerprint density at radius 3 is 2.59 bits per heavy atom. The van der Waals surface area contributed by atoms with Crippen molar-refractivity contribution in [3.8, 4) is 11.3 Å². The summed E-state index contributed by atoms with van der Waals surface area (Å²) in [6.45, 7) is 0. The third-order valence-electron chi connectivity index (χ3n) is 2.22. The van der Waals surface area contributed by atoms with E-state index in [9.17, 15) is 8.78 Å². The molecule has 0 aliphatic carbocycles. The predicted octanol–water partition coefficient (Wildman–Crippen LogP) is 3.23. The number of nitrogens with one attached hydrogen (secondary N) is 1. The molecule has 0 fully saturated rings. The van der Waals surface area contributed by atoms with E-state index in [1.165, 1.54) is 24.5 Å². The van der Waals surface area contributed by atoms with Crippen molar-refractivity contribution in [2.24, 2.45) is 0 Å². The summed E-state index contributed by atoms with van der Waals surface area (Å²) in [6, 6.07) is 2.49. The van der Waals surface area contributed by atoms with Gasteiger partial charge in [0.15, 0.2) is 5.82 Å². The third-order valence-corrected chi connectivity index (χ3v) is 2.83. The van der Waals surface area contributed by atoms with Crippen molar-refractivity contribution in [1.29, 1.82) is 0 Å². The van der Waals surface area contributed by atoms with Crippen LogP contribution in [0, 0.1) is 11.6 Å². The van der Waals surface area contributed by atoms with E-state index in [0.717, 1.165) is 0 Å². The molecule has 1 heterocycles. The molecule has 3 nitrogen and oxygen atoms in total. The summed E-state index contributed by atoms with van der Waals surface area (Å²) < 4.78 is 27.7. The second-order valence-corrected chi connectivity index (χ2v) is 4.08. The number of hydrogen-bond donors (Lipinski definition) is 1. The fraction of sp³-hybridized carbons (Fsp3) is 0.0909. The minimum atomic E-state index is -0.693. The van der Waals surface area contributed by atoms with Crippen LogP contribution in [0.2, 0.25) is 0 Å². The van der Waals surface area contributed by atoms with Gasteiger partial charge in [-0.05, 0) is 28.1 Å². The molecule has 1 aromatic carbocycles. The maximum atomic E-state index is 13.9. The number of rotatable bonds is 2. The molecule has 0 aliphatic rings. The summed E-state index contributed by atoms with van der Waals surface area (Å²) in [5.41, 5.74) is -0.0527. The molecule has 0 radical (unpaired) electrons. The molecule has 0 saturated heterocycles.